The van der Waals surface area contributed by atoms with Crippen LogP contribution in [-0.4, -0.2) is 14.4 Å². The zero-order valence-electron chi connectivity index (χ0n) is 12.8. The maximum Gasteiger partial charge on any atom is 0.133 e. The van der Waals surface area contributed by atoms with Gasteiger partial charge in [-0.3, -0.25) is 0 Å². The van der Waals surface area contributed by atoms with Gasteiger partial charge in [0, 0.05) is 23.6 Å². The number of rotatable bonds is 9. The number of anilines is 1. The Morgan fingerprint density at radius 1 is 1.10 bits per heavy atom. The standard InChI is InChI=1S/C17H25BN2/c1-13(2)20-17-9-7-16(8-10-17)6-5-15(4)19-12-11-14(3)18/h7-10,19-20H,1,3-6,11-12,18H2,2H3. The molecule has 0 bridgehead atoms. The van der Waals surface area contributed by atoms with Crippen LogP contribution in [0.3, 0.4) is 0 Å². The summed E-state index contributed by atoms with van der Waals surface area (Å²) >= 11 is 0. The highest BCUT2D eigenvalue weighted by Gasteiger charge is 1.98. The summed E-state index contributed by atoms with van der Waals surface area (Å²) in [5.74, 6) is 0. The van der Waals surface area contributed by atoms with E-state index in [0.717, 1.165) is 42.9 Å². The van der Waals surface area contributed by atoms with Crippen LogP contribution in [0.4, 0.5) is 5.69 Å². The van der Waals surface area contributed by atoms with Crippen molar-refractivity contribution < 1.29 is 0 Å². The summed E-state index contributed by atoms with van der Waals surface area (Å²) < 4.78 is 0. The van der Waals surface area contributed by atoms with Crippen molar-refractivity contribution in [2.45, 2.75) is 26.2 Å². The molecule has 0 aliphatic rings. The van der Waals surface area contributed by atoms with E-state index in [2.05, 4.69) is 54.6 Å². The minimum Gasteiger partial charge on any atom is -0.389 e. The maximum absolute atomic E-state index is 4.06. The predicted molar refractivity (Wildman–Crippen MR) is 92.6 cm³/mol. The van der Waals surface area contributed by atoms with Crippen molar-refractivity contribution in [3.63, 3.8) is 0 Å². The minimum absolute atomic E-state index is 0.926. The lowest BCUT2D eigenvalue weighted by molar-refractivity contribution is 0.745. The molecular formula is C17H25BN2. The first-order valence-corrected chi connectivity index (χ1v) is 7.05. The van der Waals surface area contributed by atoms with Gasteiger partial charge in [-0.15, -0.1) is 12.1 Å². The molecule has 2 nitrogen and oxygen atoms in total. The average molecular weight is 268 g/mol. The Kier molecular flexibility index (Phi) is 6.71. The Morgan fingerprint density at radius 2 is 1.75 bits per heavy atom. The first-order chi connectivity index (χ1) is 9.47. The number of nitrogens with one attached hydrogen (secondary N) is 2. The summed E-state index contributed by atoms with van der Waals surface area (Å²) in [6, 6.07) is 8.46. The van der Waals surface area contributed by atoms with Crippen LogP contribution in [0.15, 0.2) is 60.9 Å². The van der Waals surface area contributed by atoms with Crippen molar-refractivity contribution >= 4 is 13.5 Å². The molecule has 1 aromatic rings. The third kappa shape index (κ3) is 6.88. The third-order valence-electron chi connectivity index (χ3n) is 2.95. The Hall–Kier alpha value is -1.90. The van der Waals surface area contributed by atoms with E-state index < -0.39 is 0 Å². The van der Waals surface area contributed by atoms with Gasteiger partial charge in [-0.1, -0.05) is 25.3 Å². The van der Waals surface area contributed by atoms with Gasteiger partial charge in [-0.2, -0.15) is 0 Å². The molecule has 0 spiro atoms. The fourth-order valence-corrected chi connectivity index (χ4v) is 1.84. The fourth-order valence-electron chi connectivity index (χ4n) is 1.84. The van der Waals surface area contributed by atoms with Gasteiger partial charge < -0.3 is 10.6 Å². The van der Waals surface area contributed by atoms with Gasteiger partial charge in [-0.05, 0) is 43.9 Å². The first kappa shape index (κ1) is 16.2. The fraction of sp³-hybridized carbons (Fsp3) is 0.294. The molecule has 0 fully saturated rings. The van der Waals surface area contributed by atoms with Gasteiger partial charge in [-0.25, -0.2) is 0 Å². The molecule has 1 aromatic carbocycles. The summed E-state index contributed by atoms with van der Waals surface area (Å²) in [5, 5.41) is 6.55. The molecule has 0 amide bonds. The van der Waals surface area contributed by atoms with E-state index in [4.69, 9.17) is 0 Å². The van der Waals surface area contributed by atoms with Crippen LogP contribution in [0, 0.1) is 0 Å². The number of hydrogen-bond acceptors (Lipinski definition) is 2. The lowest BCUT2D eigenvalue weighted by atomic mass is 9.95. The van der Waals surface area contributed by atoms with Crippen molar-refractivity contribution in [1.29, 1.82) is 0 Å². The van der Waals surface area contributed by atoms with E-state index in [1.54, 1.807) is 0 Å². The molecule has 106 valence electrons. The van der Waals surface area contributed by atoms with Crippen LogP contribution < -0.4 is 10.6 Å². The second-order valence-electron chi connectivity index (χ2n) is 5.34. The molecular weight excluding hydrogens is 243 g/mol. The van der Waals surface area contributed by atoms with Gasteiger partial charge >= 0.3 is 0 Å². The molecule has 0 radical (unpaired) electrons. The van der Waals surface area contributed by atoms with Crippen LogP contribution in [0.5, 0.6) is 0 Å². The van der Waals surface area contributed by atoms with Gasteiger partial charge in [0.05, 0.1) is 0 Å². The maximum atomic E-state index is 4.06. The quantitative estimate of drug-likeness (QED) is 0.672. The summed E-state index contributed by atoms with van der Waals surface area (Å²) in [7, 11) is 2.05. The Morgan fingerprint density at radius 3 is 2.30 bits per heavy atom. The number of allylic oxidation sites excluding steroid dienone is 2. The van der Waals surface area contributed by atoms with Crippen LogP contribution in [0.1, 0.15) is 25.3 Å². The van der Waals surface area contributed by atoms with Gasteiger partial charge in [0.15, 0.2) is 0 Å². The summed E-state index contributed by atoms with van der Waals surface area (Å²) in [4.78, 5) is 0. The highest BCUT2D eigenvalue weighted by molar-refractivity contribution is 6.21. The van der Waals surface area contributed by atoms with Crippen molar-refractivity contribution in [3.8, 4) is 0 Å². The average Bonchev–Trinajstić information content (AvgIpc) is 2.37. The molecule has 0 saturated heterocycles. The van der Waals surface area contributed by atoms with Crippen molar-refractivity contribution in [2.24, 2.45) is 0 Å². The molecule has 0 unspecified atom stereocenters. The van der Waals surface area contributed by atoms with E-state index in [1.165, 1.54) is 11.0 Å². The van der Waals surface area contributed by atoms with Crippen molar-refractivity contribution in [3.05, 3.63) is 66.4 Å². The monoisotopic (exact) mass is 268 g/mol. The smallest absolute Gasteiger partial charge is 0.133 e. The molecule has 0 heterocycles. The van der Waals surface area contributed by atoms with E-state index in [0.29, 0.717) is 0 Å². The summed E-state index contributed by atoms with van der Waals surface area (Å²) in [6.07, 6.45) is 2.97. The van der Waals surface area contributed by atoms with Crippen LogP contribution >= 0.6 is 0 Å². The number of benzene rings is 1. The topological polar surface area (TPSA) is 24.1 Å². The molecule has 0 aromatic heterocycles. The van der Waals surface area contributed by atoms with E-state index >= 15 is 0 Å². The molecule has 0 atom stereocenters. The van der Waals surface area contributed by atoms with Crippen LogP contribution in [0.2, 0.25) is 0 Å². The number of aryl methyl sites for hydroxylation is 1. The molecule has 20 heavy (non-hydrogen) atoms. The van der Waals surface area contributed by atoms with Gasteiger partial charge in [0.2, 0.25) is 0 Å². The lowest BCUT2D eigenvalue weighted by Gasteiger charge is -2.10. The van der Waals surface area contributed by atoms with E-state index in [9.17, 15) is 0 Å². The SMILES string of the molecule is BC(=C)CCNC(=C)CCc1ccc(NC(=C)C)cc1. The highest BCUT2D eigenvalue weighted by Crippen LogP contribution is 2.13. The second-order valence-corrected chi connectivity index (χ2v) is 5.34. The Bertz CT molecular complexity index is 474. The zero-order valence-corrected chi connectivity index (χ0v) is 12.8. The lowest BCUT2D eigenvalue weighted by Crippen LogP contribution is -2.15. The molecule has 0 saturated carbocycles. The highest BCUT2D eigenvalue weighted by atomic mass is 14.9. The molecule has 1 rings (SSSR count). The Labute approximate surface area is 124 Å². The minimum atomic E-state index is 0.926. The molecule has 0 aliphatic carbocycles. The predicted octanol–water partition coefficient (Wildman–Crippen LogP) is 3.20. The van der Waals surface area contributed by atoms with Crippen LogP contribution in [-0.2, 0) is 6.42 Å². The molecule has 2 N–H and O–H groups in total. The number of hydrogen-bond donors (Lipinski definition) is 2. The first-order valence-electron chi connectivity index (χ1n) is 7.05. The summed E-state index contributed by atoms with van der Waals surface area (Å²) in [6.45, 7) is 14.7. The summed E-state index contributed by atoms with van der Waals surface area (Å²) in [5.41, 5.74) is 5.65. The van der Waals surface area contributed by atoms with E-state index in [-0.39, 0.29) is 0 Å². The van der Waals surface area contributed by atoms with Crippen molar-refractivity contribution in [1.82, 2.24) is 5.32 Å². The largest absolute Gasteiger partial charge is 0.389 e. The van der Waals surface area contributed by atoms with Gasteiger partial charge in [0.1, 0.15) is 7.85 Å². The van der Waals surface area contributed by atoms with Gasteiger partial charge in [0.25, 0.3) is 0 Å². The second kappa shape index (κ2) is 8.31. The van der Waals surface area contributed by atoms with Crippen LogP contribution in [0.25, 0.3) is 0 Å². The molecule has 3 heteroatoms. The zero-order chi connectivity index (χ0) is 15.0. The van der Waals surface area contributed by atoms with E-state index in [1.807, 2.05) is 14.8 Å². The molecule has 0 aliphatic heterocycles. The third-order valence-corrected chi connectivity index (χ3v) is 2.95. The normalized spacial score (nSPS) is 9.85. The Balaban J connectivity index is 2.32. The van der Waals surface area contributed by atoms with Crippen molar-refractivity contribution in [2.75, 3.05) is 11.9 Å².